The van der Waals surface area contributed by atoms with Crippen LogP contribution in [0.15, 0.2) is 77.0 Å². The minimum atomic E-state index is -0.960. The van der Waals surface area contributed by atoms with Crippen LogP contribution in [0.25, 0.3) is 0 Å². The van der Waals surface area contributed by atoms with Crippen LogP contribution in [0.1, 0.15) is 0 Å². The van der Waals surface area contributed by atoms with Gasteiger partial charge in [-0.25, -0.2) is 9.59 Å². The van der Waals surface area contributed by atoms with Crippen molar-refractivity contribution in [1.82, 2.24) is 0 Å². The van der Waals surface area contributed by atoms with Crippen LogP contribution in [0.4, 0.5) is 11.4 Å². The minimum absolute atomic E-state index is 0.0271. The molecule has 2 rings (SSSR count). The fourth-order valence-electron chi connectivity index (χ4n) is 1.56. The molecule has 2 aromatic rings. The molecule has 120 valence electrons. The monoisotopic (exact) mass is 324 g/mol. The zero-order chi connectivity index (χ0) is 17.2. The maximum Gasteiger partial charge on any atom is 0.338 e. The largest absolute Gasteiger partial charge is 0.423 e. The molecule has 0 unspecified atom stereocenters. The van der Waals surface area contributed by atoms with Crippen molar-refractivity contribution in [2.75, 3.05) is 0 Å². The molecule has 24 heavy (non-hydrogen) atoms. The van der Waals surface area contributed by atoms with Crippen LogP contribution in [-0.2, 0) is 19.1 Å². The topological polar surface area (TPSA) is 94.4 Å². The van der Waals surface area contributed by atoms with Crippen molar-refractivity contribution in [3.8, 4) is 5.75 Å². The van der Waals surface area contributed by atoms with E-state index in [0.717, 1.165) is 17.8 Å². The summed E-state index contributed by atoms with van der Waals surface area (Å²) in [6.45, 7) is -0.0271. The zero-order valence-corrected chi connectivity index (χ0v) is 12.4. The van der Waals surface area contributed by atoms with E-state index in [2.05, 4.69) is 15.0 Å². The molecule has 0 aliphatic carbocycles. The standard InChI is InChI=1S/C17H12N2O5/c20-12-23-16(21)10-11-17(22)24-15-8-6-14(7-9-15)19-18-13-4-2-1-3-5-13/h1-12H/b11-10+,19-18?. The molecule has 0 saturated carbocycles. The van der Waals surface area contributed by atoms with Crippen LogP contribution in [-0.4, -0.2) is 18.4 Å². The summed E-state index contributed by atoms with van der Waals surface area (Å²) in [5, 5.41) is 8.11. The van der Waals surface area contributed by atoms with Crippen molar-refractivity contribution in [3.63, 3.8) is 0 Å². The molecule has 0 N–H and O–H groups in total. The number of nitrogens with zero attached hydrogens (tertiary/aromatic N) is 2. The quantitative estimate of drug-likeness (QED) is 0.203. The number of azo groups is 1. The summed E-state index contributed by atoms with van der Waals surface area (Å²) in [5.74, 6) is -1.47. The maximum absolute atomic E-state index is 11.5. The molecule has 7 nitrogen and oxygen atoms in total. The second-order valence-corrected chi connectivity index (χ2v) is 4.32. The van der Waals surface area contributed by atoms with Crippen molar-refractivity contribution in [2.24, 2.45) is 10.2 Å². The van der Waals surface area contributed by atoms with E-state index in [4.69, 9.17) is 4.74 Å². The molecule has 0 saturated heterocycles. The number of benzene rings is 2. The Hall–Kier alpha value is -3.61. The lowest BCUT2D eigenvalue weighted by Crippen LogP contribution is -2.06. The first-order valence-electron chi connectivity index (χ1n) is 6.78. The van der Waals surface area contributed by atoms with Gasteiger partial charge in [0.2, 0.25) is 0 Å². The van der Waals surface area contributed by atoms with Crippen LogP contribution in [0.5, 0.6) is 5.75 Å². The van der Waals surface area contributed by atoms with Gasteiger partial charge in [-0.3, -0.25) is 4.79 Å². The fraction of sp³-hybridized carbons (Fsp3) is 0. The molecule has 0 bridgehead atoms. The molecule has 0 atom stereocenters. The number of rotatable bonds is 6. The van der Waals surface area contributed by atoms with Gasteiger partial charge in [-0.15, -0.1) is 0 Å². The molecular formula is C17H12N2O5. The second-order valence-electron chi connectivity index (χ2n) is 4.32. The van der Waals surface area contributed by atoms with Crippen LogP contribution in [0.3, 0.4) is 0 Å². The Bertz CT molecular complexity index is 767. The van der Waals surface area contributed by atoms with Gasteiger partial charge in [0.25, 0.3) is 0 Å². The van der Waals surface area contributed by atoms with Crippen molar-refractivity contribution >= 4 is 29.8 Å². The molecule has 7 heteroatoms. The molecule has 0 aromatic heterocycles. The van der Waals surface area contributed by atoms with Crippen molar-refractivity contribution in [3.05, 3.63) is 66.7 Å². The number of ether oxygens (including phenoxy) is 2. The molecular weight excluding hydrogens is 312 g/mol. The highest BCUT2D eigenvalue weighted by Crippen LogP contribution is 2.21. The SMILES string of the molecule is O=COC(=O)/C=C/C(=O)Oc1ccc(N=Nc2ccccc2)cc1. The molecule has 0 radical (unpaired) electrons. The van der Waals surface area contributed by atoms with Gasteiger partial charge in [-0.1, -0.05) is 18.2 Å². The van der Waals surface area contributed by atoms with Gasteiger partial charge in [0.05, 0.1) is 11.4 Å². The average molecular weight is 324 g/mol. The van der Waals surface area contributed by atoms with Crippen LogP contribution in [0, 0.1) is 0 Å². The predicted octanol–water partition coefficient (Wildman–Crippen LogP) is 3.26. The Morgan fingerprint density at radius 1 is 0.792 bits per heavy atom. The lowest BCUT2D eigenvalue weighted by atomic mass is 10.3. The summed E-state index contributed by atoms with van der Waals surface area (Å²) in [5.41, 5.74) is 1.31. The lowest BCUT2D eigenvalue weighted by Gasteiger charge is -2.01. The number of carbonyl (C=O) groups is 3. The third kappa shape index (κ3) is 5.64. The Labute approximate surface area is 137 Å². The number of carbonyl (C=O) groups excluding carboxylic acids is 3. The van der Waals surface area contributed by atoms with Gasteiger partial charge in [-0.2, -0.15) is 10.2 Å². The maximum atomic E-state index is 11.5. The van der Waals surface area contributed by atoms with E-state index in [1.54, 1.807) is 12.1 Å². The van der Waals surface area contributed by atoms with E-state index in [9.17, 15) is 14.4 Å². The first-order chi connectivity index (χ1) is 11.7. The Kier molecular flexibility index (Phi) is 6.10. The van der Waals surface area contributed by atoms with Crippen molar-refractivity contribution < 1.29 is 23.9 Å². The van der Waals surface area contributed by atoms with Crippen LogP contribution in [0.2, 0.25) is 0 Å². The van der Waals surface area contributed by atoms with Gasteiger partial charge in [0.1, 0.15) is 5.75 Å². The molecule has 0 amide bonds. The summed E-state index contributed by atoms with van der Waals surface area (Å²) in [7, 11) is 0. The highest BCUT2D eigenvalue weighted by atomic mass is 16.6. The summed E-state index contributed by atoms with van der Waals surface area (Å²) in [4.78, 5) is 32.2. The Morgan fingerprint density at radius 3 is 2.00 bits per heavy atom. The predicted molar refractivity (Wildman–Crippen MR) is 84.0 cm³/mol. The molecule has 0 aliphatic heterocycles. The normalized spacial score (nSPS) is 10.7. The number of hydrogen-bond donors (Lipinski definition) is 0. The van der Waals surface area contributed by atoms with Crippen molar-refractivity contribution in [1.29, 1.82) is 0 Å². The van der Waals surface area contributed by atoms with Crippen molar-refractivity contribution in [2.45, 2.75) is 0 Å². The summed E-state index contributed by atoms with van der Waals surface area (Å²) < 4.78 is 8.95. The first-order valence-corrected chi connectivity index (χ1v) is 6.78. The second kappa shape index (κ2) is 8.74. The lowest BCUT2D eigenvalue weighted by molar-refractivity contribution is -0.147. The van der Waals surface area contributed by atoms with Gasteiger partial charge in [0.15, 0.2) is 0 Å². The molecule has 0 aliphatic rings. The Balaban J connectivity index is 1.92. The number of esters is 2. The van der Waals surface area contributed by atoms with E-state index >= 15 is 0 Å². The zero-order valence-electron chi connectivity index (χ0n) is 12.4. The van der Waals surface area contributed by atoms with Gasteiger partial charge in [0, 0.05) is 12.2 Å². The summed E-state index contributed by atoms with van der Waals surface area (Å²) >= 11 is 0. The van der Waals surface area contributed by atoms with E-state index in [0.29, 0.717) is 5.69 Å². The van der Waals surface area contributed by atoms with Gasteiger partial charge < -0.3 is 9.47 Å². The summed E-state index contributed by atoms with van der Waals surface area (Å²) in [6, 6.07) is 15.6. The van der Waals surface area contributed by atoms with E-state index in [1.165, 1.54) is 12.1 Å². The first kappa shape index (κ1) is 16.8. The minimum Gasteiger partial charge on any atom is -0.423 e. The highest BCUT2D eigenvalue weighted by molar-refractivity contribution is 5.94. The molecule has 0 spiro atoms. The van der Waals surface area contributed by atoms with Crippen LogP contribution >= 0.6 is 0 Å². The molecule has 0 heterocycles. The van der Waals surface area contributed by atoms with Crippen LogP contribution < -0.4 is 4.74 Å². The molecule has 0 fully saturated rings. The molecule has 2 aromatic carbocycles. The third-order valence-corrected chi connectivity index (χ3v) is 2.61. The Morgan fingerprint density at radius 2 is 1.38 bits per heavy atom. The number of hydrogen-bond acceptors (Lipinski definition) is 7. The summed E-state index contributed by atoms with van der Waals surface area (Å²) in [6.07, 6.45) is 1.65. The fourth-order valence-corrected chi connectivity index (χ4v) is 1.56. The van der Waals surface area contributed by atoms with Gasteiger partial charge >= 0.3 is 18.4 Å². The third-order valence-electron chi connectivity index (χ3n) is 2.61. The van der Waals surface area contributed by atoms with E-state index < -0.39 is 11.9 Å². The smallest absolute Gasteiger partial charge is 0.338 e. The average Bonchev–Trinajstić information content (AvgIpc) is 2.61. The van der Waals surface area contributed by atoms with E-state index in [-0.39, 0.29) is 12.2 Å². The highest BCUT2D eigenvalue weighted by Gasteiger charge is 2.03. The van der Waals surface area contributed by atoms with Gasteiger partial charge in [-0.05, 0) is 36.4 Å². The van der Waals surface area contributed by atoms with E-state index in [1.807, 2.05) is 30.3 Å².